The molecule has 1 aliphatic carbocycles. The third-order valence-corrected chi connectivity index (χ3v) is 5.02. The van der Waals surface area contributed by atoms with Gasteiger partial charge in [0.25, 0.3) is 0 Å². The molecule has 3 aromatic rings. The van der Waals surface area contributed by atoms with E-state index in [0.29, 0.717) is 17.5 Å². The Hall–Kier alpha value is -2.72. The first-order valence-corrected chi connectivity index (χ1v) is 9.38. The van der Waals surface area contributed by atoms with E-state index in [2.05, 4.69) is 4.57 Å². The smallest absolute Gasteiger partial charge is 0.328 e. The van der Waals surface area contributed by atoms with Gasteiger partial charge < -0.3 is 14.4 Å². The van der Waals surface area contributed by atoms with Gasteiger partial charge in [0.1, 0.15) is 5.75 Å². The Morgan fingerprint density at radius 2 is 2.11 bits per heavy atom. The van der Waals surface area contributed by atoms with Gasteiger partial charge in [0.05, 0.1) is 13.2 Å². The molecule has 0 aliphatic heterocycles. The SMILES string of the molecule is O=C(O)C=Cc1cccc2c1ccn2Cc1cc(Cl)ccc1OCC1CC1. The lowest BCUT2D eigenvalue weighted by Crippen LogP contribution is -2.05. The summed E-state index contributed by atoms with van der Waals surface area (Å²) in [4.78, 5) is 10.8. The zero-order chi connectivity index (χ0) is 18.8. The summed E-state index contributed by atoms with van der Waals surface area (Å²) < 4.78 is 8.15. The molecule has 0 saturated heterocycles. The minimum absolute atomic E-state index is 0.635. The molecule has 138 valence electrons. The minimum atomic E-state index is -0.956. The molecule has 27 heavy (non-hydrogen) atoms. The van der Waals surface area contributed by atoms with Crippen LogP contribution in [0.4, 0.5) is 0 Å². The molecule has 2 aromatic carbocycles. The lowest BCUT2D eigenvalue weighted by atomic mass is 10.1. The van der Waals surface area contributed by atoms with Crippen molar-refractivity contribution in [1.82, 2.24) is 4.57 Å². The number of aliphatic carboxylic acids is 1. The first kappa shape index (κ1) is 17.7. The second kappa shape index (κ2) is 7.49. The zero-order valence-corrected chi connectivity index (χ0v) is 15.5. The summed E-state index contributed by atoms with van der Waals surface area (Å²) in [6, 6.07) is 13.6. The highest BCUT2D eigenvalue weighted by Gasteiger charge is 2.22. The van der Waals surface area contributed by atoms with Crippen LogP contribution in [0.3, 0.4) is 0 Å². The third kappa shape index (κ3) is 4.17. The molecule has 4 nitrogen and oxygen atoms in total. The Morgan fingerprint density at radius 1 is 1.26 bits per heavy atom. The number of hydrogen-bond donors (Lipinski definition) is 1. The molecule has 0 radical (unpaired) electrons. The van der Waals surface area contributed by atoms with Crippen molar-refractivity contribution in [1.29, 1.82) is 0 Å². The maximum atomic E-state index is 10.8. The molecular formula is C22H20ClNO3. The van der Waals surface area contributed by atoms with Crippen LogP contribution in [0.25, 0.3) is 17.0 Å². The summed E-state index contributed by atoms with van der Waals surface area (Å²) in [6.45, 7) is 1.39. The van der Waals surface area contributed by atoms with Gasteiger partial charge in [0.2, 0.25) is 0 Å². The monoisotopic (exact) mass is 381 g/mol. The molecule has 1 saturated carbocycles. The number of ether oxygens (including phenoxy) is 1. The molecule has 0 amide bonds. The number of nitrogens with zero attached hydrogens (tertiary/aromatic N) is 1. The van der Waals surface area contributed by atoms with E-state index in [9.17, 15) is 4.79 Å². The van der Waals surface area contributed by atoms with Crippen LogP contribution < -0.4 is 4.74 Å². The molecule has 0 unspecified atom stereocenters. The van der Waals surface area contributed by atoms with E-state index in [1.54, 1.807) is 6.08 Å². The Bertz CT molecular complexity index is 1020. The largest absolute Gasteiger partial charge is 0.493 e. The van der Waals surface area contributed by atoms with Crippen LogP contribution in [0.2, 0.25) is 5.02 Å². The van der Waals surface area contributed by atoms with Gasteiger partial charge >= 0.3 is 5.97 Å². The maximum Gasteiger partial charge on any atom is 0.328 e. The van der Waals surface area contributed by atoms with Crippen molar-refractivity contribution in [2.45, 2.75) is 19.4 Å². The molecule has 0 bridgehead atoms. The van der Waals surface area contributed by atoms with Crippen molar-refractivity contribution in [2.75, 3.05) is 6.61 Å². The van der Waals surface area contributed by atoms with Gasteiger partial charge in [-0.15, -0.1) is 0 Å². The lowest BCUT2D eigenvalue weighted by Gasteiger charge is -2.13. The average molecular weight is 382 g/mol. The van der Waals surface area contributed by atoms with E-state index in [0.717, 1.165) is 40.5 Å². The average Bonchev–Trinajstić information content (AvgIpc) is 3.39. The fourth-order valence-corrected chi connectivity index (χ4v) is 3.37. The molecule has 1 aliphatic rings. The van der Waals surface area contributed by atoms with Crippen molar-refractivity contribution in [3.05, 3.63) is 70.9 Å². The van der Waals surface area contributed by atoms with Crippen LogP contribution in [0.1, 0.15) is 24.0 Å². The zero-order valence-electron chi connectivity index (χ0n) is 14.8. The predicted octanol–water partition coefficient (Wildman–Crippen LogP) is 5.23. The van der Waals surface area contributed by atoms with E-state index in [1.807, 2.05) is 48.7 Å². The Labute approximate surface area is 162 Å². The number of carbonyl (C=O) groups is 1. The molecule has 5 heteroatoms. The van der Waals surface area contributed by atoms with Crippen molar-refractivity contribution >= 4 is 34.5 Å². The summed E-state index contributed by atoms with van der Waals surface area (Å²) in [7, 11) is 0. The van der Waals surface area contributed by atoms with Gasteiger partial charge in [-0.25, -0.2) is 4.79 Å². The number of carboxylic acid groups (broad SMARTS) is 1. The van der Waals surface area contributed by atoms with E-state index >= 15 is 0 Å². The molecule has 1 heterocycles. The molecule has 0 spiro atoms. The Kier molecular flexibility index (Phi) is 4.90. The van der Waals surface area contributed by atoms with Crippen molar-refractivity contribution < 1.29 is 14.6 Å². The van der Waals surface area contributed by atoms with E-state index < -0.39 is 5.97 Å². The first-order chi connectivity index (χ1) is 13.1. The summed E-state index contributed by atoms with van der Waals surface area (Å²) in [5.74, 6) is 0.599. The van der Waals surface area contributed by atoms with Crippen LogP contribution in [-0.2, 0) is 11.3 Å². The van der Waals surface area contributed by atoms with Crippen molar-refractivity contribution in [2.24, 2.45) is 5.92 Å². The van der Waals surface area contributed by atoms with E-state index in [1.165, 1.54) is 12.8 Å². The van der Waals surface area contributed by atoms with Gasteiger partial charge in [-0.05, 0) is 60.7 Å². The summed E-state index contributed by atoms with van der Waals surface area (Å²) in [5.41, 5.74) is 2.95. The topological polar surface area (TPSA) is 51.5 Å². The molecule has 4 rings (SSSR count). The van der Waals surface area contributed by atoms with Crippen LogP contribution >= 0.6 is 11.6 Å². The second-order valence-electron chi connectivity index (χ2n) is 6.90. The fraction of sp³-hybridized carbons (Fsp3) is 0.227. The van der Waals surface area contributed by atoms with E-state index in [-0.39, 0.29) is 0 Å². The number of aromatic nitrogens is 1. The summed E-state index contributed by atoms with van der Waals surface area (Å²) in [5, 5.41) is 10.6. The molecular weight excluding hydrogens is 362 g/mol. The molecule has 1 fully saturated rings. The summed E-state index contributed by atoms with van der Waals surface area (Å²) >= 11 is 6.22. The predicted molar refractivity (Wildman–Crippen MR) is 107 cm³/mol. The highest BCUT2D eigenvalue weighted by atomic mass is 35.5. The van der Waals surface area contributed by atoms with Crippen LogP contribution in [-0.4, -0.2) is 22.2 Å². The van der Waals surface area contributed by atoms with Crippen LogP contribution in [0.5, 0.6) is 5.75 Å². The Balaban J connectivity index is 1.64. The third-order valence-electron chi connectivity index (χ3n) is 4.79. The van der Waals surface area contributed by atoms with Crippen molar-refractivity contribution in [3.8, 4) is 5.75 Å². The number of carboxylic acids is 1. The molecule has 1 aromatic heterocycles. The van der Waals surface area contributed by atoms with Gasteiger partial charge in [0.15, 0.2) is 0 Å². The lowest BCUT2D eigenvalue weighted by molar-refractivity contribution is -0.131. The number of hydrogen-bond acceptors (Lipinski definition) is 2. The Morgan fingerprint density at radius 3 is 2.89 bits per heavy atom. The van der Waals surface area contributed by atoms with Crippen LogP contribution in [0, 0.1) is 5.92 Å². The molecule has 1 N–H and O–H groups in total. The quantitative estimate of drug-likeness (QED) is 0.570. The minimum Gasteiger partial charge on any atom is -0.493 e. The van der Waals surface area contributed by atoms with Crippen molar-refractivity contribution in [3.63, 3.8) is 0 Å². The number of fused-ring (bicyclic) bond motifs is 1. The fourth-order valence-electron chi connectivity index (χ4n) is 3.18. The van der Waals surface area contributed by atoms with Gasteiger partial charge in [-0.1, -0.05) is 23.7 Å². The maximum absolute atomic E-state index is 10.8. The molecule has 0 atom stereocenters. The first-order valence-electron chi connectivity index (χ1n) is 9.00. The second-order valence-corrected chi connectivity index (χ2v) is 7.34. The number of rotatable bonds is 7. The number of benzene rings is 2. The van der Waals surface area contributed by atoms with Gasteiger partial charge in [-0.2, -0.15) is 0 Å². The highest BCUT2D eigenvalue weighted by molar-refractivity contribution is 6.30. The highest BCUT2D eigenvalue weighted by Crippen LogP contribution is 2.32. The van der Waals surface area contributed by atoms with Crippen LogP contribution in [0.15, 0.2) is 54.7 Å². The number of halogens is 1. The normalized spacial score (nSPS) is 14.1. The summed E-state index contributed by atoms with van der Waals surface area (Å²) in [6.07, 6.45) is 7.29. The van der Waals surface area contributed by atoms with Gasteiger partial charge in [-0.3, -0.25) is 0 Å². The van der Waals surface area contributed by atoms with E-state index in [4.69, 9.17) is 21.4 Å². The standard InChI is InChI=1S/C22H20ClNO3/c23-18-7-8-21(27-14-15-4-5-15)17(12-18)13-24-11-10-19-16(6-9-22(25)26)2-1-3-20(19)24/h1-3,6-12,15H,4-5,13-14H2,(H,25,26). The van der Waals surface area contributed by atoms with Gasteiger partial charge in [0, 0.05) is 33.8 Å².